The van der Waals surface area contributed by atoms with Crippen molar-refractivity contribution in [3.05, 3.63) is 0 Å². The SMILES string of the molecule is CC1(C(=O)O)CCN(CC2CC3CCC2C3)C1. The molecule has 17 heavy (non-hydrogen) atoms. The van der Waals surface area contributed by atoms with Crippen LogP contribution >= 0.6 is 0 Å². The van der Waals surface area contributed by atoms with Gasteiger partial charge in [0.1, 0.15) is 0 Å². The maximum atomic E-state index is 11.2. The molecular formula is C14H23NO2. The largest absolute Gasteiger partial charge is 0.481 e. The molecule has 0 aromatic rings. The minimum Gasteiger partial charge on any atom is -0.481 e. The van der Waals surface area contributed by atoms with Crippen molar-refractivity contribution < 1.29 is 9.90 Å². The van der Waals surface area contributed by atoms with Crippen molar-refractivity contribution in [2.24, 2.45) is 23.2 Å². The van der Waals surface area contributed by atoms with Crippen LogP contribution in [-0.4, -0.2) is 35.6 Å². The van der Waals surface area contributed by atoms with E-state index in [2.05, 4.69) is 4.90 Å². The molecule has 1 N–H and O–H groups in total. The summed E-state index contributed by atoms with van der Waals surface area (Å²) in [6.07, 6.45) is 6.57. The second-order valence-electron chi connectivity index (χ2n) is 6.79. The fraction of sp³-hybridized carbons (Fsp3) is 0.929. The van der Waals surface area contributed by atoms with E-state index in [1.54, 1.807) is 0 Å². The van der Waals surface area contributed by atoms with Gasteiger partial charge in [-0.15, -0.1) is 0 Å². The highest BCUT2D eigenvalue weighted by Gasteiger charge is 2.44. The molecule has 3 nitrogen and oxygen atoms in total. The molecule has 4 unspecified atom stereocenters. The molecule has 0 spiro atoms. The molecule has 0 aromatic carbocycles. The molecule has 2 saturated carbocycles. The number of rotatable bonds is 3. The van der Waals surface area contributed by atoms with Crippen molar-refractivity contribution in [2.45, 2.75) is 39.0 Å². The zero-order valence-corrected chi connectivity index (χ0v) is 10.7. The van der Waals surface area contributed by atoms with Crippen LogP contribution in [0.5, 0.6) is 0 Å². The Labute approximate surface area is 103 Å². The normalized spacial score (nSPS) is 45.6. The number of carboxylic acids is 1. The molecular weight excluding hydrogens is 214 g/mol. The second-order valence-corrected chi connectivity index (χ2v) is 6.79. The molecule has 0 amide bonds. The molecule has 3 aliphatic rings. The average molecular weight is 237 g/mol. The van der Waals surface area contributed by atoms with Crippen LogP contribution in [0.15, 0.2) is 0 Å². The number of likely N-dealkylation sites (tertiary alicyclic amines) is 1. The van der Waals surface area contributed by atoms with Crippen LogP contribution in [-0.2, 0) is 4.79 Å². The molecule has 4 atom stereocenters. The van der Waals surface area contributed by atoms with Gasteiger partial charge in [-0.1, -0.05) is 6.42 Å². The number of hydrogen-bond donors (Lipinski definition) is 1. The number of nitrogens with zero attached hydrogens (tertiary/aromatic N) is 1. The van der Waals surface area contributed by atoms with E-state index in [0.717, 1.165) is 43.8 Å². The quantitative estimate of drug-likeness (QED) is 0.818. The molecule has 3 heteroatoms. The molecule has 0 radical (unpaired) electrons. The van der Waals surface area contributed by atoms with E-state index in [0.29, 0.717) is 0 Å². The van der Waals surface area contributed by atoms with Gasteiger partial charge < -0.3 is 10.0 Å². The van der Waals surface area contributed by atoms with E-state index >= 15 is 0 Å². The molecule has 2 aliphatic carbocycles. The Morgan fingerprint density at radius 3 is 2.76 bits per heavy atom. The van der Waals surface area contributed by atoms with E-state index in [9.17, 15) is 9.90 Å². The van der Waals surface area contributed by atoms with Crippen LogP contribution in [0.25, 0.3) is 0 Å². The van der Waals surface area contributed by atoms with Gasteiger partial charge >= 0.3 is 5.97 Å². The lowest BCUT2D eigenvalue weighted by Crippen LogP contribution is -2.35. The van der Waals surface area contributed by atoms with Gasteiger partial charge in [-0.3, -0.25) is 4.79 Å². The second kappa shape index (κ2) is 3.98. The van der Waals surface area contributed by atoms with Gasteiger partial charge in [-0.2, -0.15) is 0 Å². The zero-order valence-electron chi connectivity index (χ0n) is 10.7. The van der Waals surface area contributed by atoms with Gasteiger partial charge in [0.15, 0.2) is 0 Å². The van der Waals surface area contributed by atoms with Gasteiger partial charge in [0.2, 0.25) is 0 Å². The van der Waals surface area contributed by atoms with Crippen LogP contribution in [0.2, 0.25) is 0 Å². The molecule has 0 aromatic heterocycles. The Hall–Kier alpha value is -0.570. The lowest BCUT2D eigenvalue weighted by molar-refractivity contribution is -0.147. The Morgan fingerprint density at radius 1 is 1.41 bits per heavy atom. The molecule has 2 bridgehead atoms. The van der Waals surface area contributed by atoms with E-state index in [4.69, 9.17) is 0 Å². The molecule has 1 aliphatic heterocycles. The number of hydrogen-bond acceptors (Lipinski definition) is 2. The highest BCUT2D eigenvalue weighted by Crippen LogP contribution is 2.49. The van der Waals surface area contributed by atoms with Crippen LogP contribution in [0.1, 0.15) is 39.0 Å². The van der Waals surface area contributed by atoms with Crippen LogP contribution in [0, 0.1) is 23.2 Å². The van der Waals surface area contributed by atoms with E-state index in [1.165, 1.54) is 25.7 Å². The summed E-state index contributed by atoms with van der Waals surface area (Å²) in [6.45, 7) is 4.80. The highest BCUT2D eigenvalue weighted by atomic mass is 16.4. The first-order valence-electron chi connectivity index (χ1n) is 7.02. The summed E-state index contributed by atoms with van der Waals surface area (Å²) in [5.41, 5.74) is -0.488. The van der Waals surface area contributed by atoms with Crippen molar-refractivity contribution in [1.82, 2.24) is 4.90 Å². The van der Waals surface area contributed by atoms with Crippen molar-refractivity contribution >= 4 is 5.97 Å². The Balaban J connectivity index is 1.56. The van der Waals surface area contributed by atoms with Crippen molar-refractivity contribution in [3.63, 3.8) is 0 Å². The van der Waals surface area contributed by atoms with Crippen LogP contribution < -0.4 is 0 Å². The maximum absolute atomic E-state index is 11.2. The fourth-order valence-electron chi connectivity index (χ4n) is 4.32. The predicted molar refractivity (Wildman–Crippen MR) is 65.7 cm³/mol. The summed E-state index contributed by atoms with van der Waals surface area (Å²) in [5.74, 6) is 2.20. The fourth-order valence-corrected chi connectivity index (χ4v) is 4.32. The van der Waals surface area contributed by atoms with Gasteiger partial charge in [0, 0.05) is 13.1 Å². The average Bonchev–Trinajstić information content (AvgIpc) is 2.94. The van der Waals surface area contributed by atoms with Gasteiger partial charge in [-0.25, -0.2) is 0 Å². The van der Waals surface area contributed by atoms with E-state index in [1.807, 2.05) is 6.92 Å². The van der Waals surface area contributed by atoms with E-state index in [-0.39, 0.29) is 0 Å². The summed E-state index contributed by atoms with van der Waals surface area (Å²) in [6, 6.07) is 0. The third-order valence-corrected chi connectivity index (χ3v) is 5.45. The lowest BCUT2D eigenvalue weighted by Gasteiger charge is -2.27. The maximum Gasteiger partial charge on any atom is 0.310 e. The molecule has 3 rings (SSSR count). The van der Waals surface area contributed by atoms with Gasteiger partial charge in [0.25, 0.3) is 0 Å². The number of fused-ring (bicyclic) bond motifs is 2. The molecule has 1 saturated heterocycles. The summed E-state index contributed by atoms with van der Waals surface area (Å²) >= 11 is 0. The minimum absolute atomic E-state index is 0.488. The van der Waals surface area contributed by atoms with Crippen molar-refractivity contribution in [2.75, 3.05) is 19.6 Å². The molecule has 3 fully saturated rings. The predicted octanol–water partition coefficient (Wildman–Crippen LogP) is 2.22. The topological polar surface area (TPSA) is 40.5 Å². The van der Waals surface area contributed by atoms with Gasteiger partial charge in [-0.05, 0) is 56.9 Å². The van der Waals surface area contributed by atoms with Gasteiger partial charge in [0.05, 0.1) is 5.41 Å². The van der Waals surface area contributed by atoms with Crippen LogP contribution in [0.3, 0.4) is 0 Å². The first-order valence-corrected chi connectivity index (χ1v) is 7.02. The first kappa shape index (κ1) is 11.5. The summed E-state index contributed by atoms with van der Waals surface area (Å²) in [7, 11) is 0. The minimum atomic E-state index is -0.618. The van der Waals surface area contributed by atoms with Crippen molar-refractivity contribution in [3.8, 4) is 0 Å². The Kier molecular flexibility index (Phi) is 2.69. The summed E-state index contributed by atoms with van der Waals surface area (Å²) < 4.78 is 0. The van der Waals surface area contributed by atoms with Crippen molar-refractivity contribution in [1.29, 1.82) is 0 Å². The summed E-state index contributed by atoms with van der Waals surface area (Å²) in [5, 5.41) is 9.23. The highest BCUT2D eigenvalue weighted by molar-refractivity contribution is 5.74. The third-order valence-electron chi connectivity index (χ3n) is 5.45. The monoisotopic (exact) mass is 237 g/mol. The molecule has 96 valence electrons. The first-order chi connectivity index (χ1) is 8.07. The number of carboxylic acid groups (broad SMARTS) is 1. The number of aliphatic carboxylic acids is 1. The third kappa shape index (κ3) is 1.99. The standard InChI is InChI=1S/C14H23NO2/c1-14(13(16)17)4-5-15(9-14)8-12-7-10-2-3-11(12)6-10/h10-12H,2-9H2,1H3,(H,16,17). The van der Waals surface area contributed by atoms with Crippen LogP contribution in [0.4, 0.5) is 0 Å². The Morgan fingerprint density at radius 2 is 2.24 bits per heavy atom. The summed E-state index contributed by atoms with van der Waals surface area (Å²) in [4.78, 5) is 13.6. The number of carbonyl (C=O) groups is 1. The smallest absolute Gasteiger partial charge is 0.310 e. The van der Waals surface area contributed by atoms with E-state index < -0.39 is 11.4 Å². The zero-order chi connectivity index (χ0) is 12.0. The Bertz CT molecular complexity index is 330. The molecule has 1 heterocycles. The lowest BCUT2D eigenvalue weighted by atomic mass is 9.88.